The molecule has 0 radical (unpaired) electrons. The van der Waals surface area contributed by atoms with E-state index in [1.54, 1.807) is 12.1 Å². The second-order valence-corrected chi connectivity index (χ2v) is 9.96. The number of nitrogens with one attached hydrogen (secondary N) is 2. The molecule has 1 aromatic carbocycles. The fraction of sp³-hybridized carbons (Fsp3) is 0.650. The van der Waals surface area contributed by atoms with Gasteiger partial charge < -0.3 is 11.1 Å². The molecule has 0 saturated heterocycles. The highest BCUT2D eigenvalue weighted by Crippen LogP contribution is 2.24. The molecule has 27 heavy (non-hydrogen) atoms. The van der Waals surface area contributed by atoms with Gasteiger partial charge in [0.15, 0.2) is 0 Å². The van der Waals surface area contributed by atoms with Crippen molar-refractivity contribution >= 4 is 15.9 Å². The molecule has 4 N–H and O–H groups in total. The molecule has 0 aromatic heterocycles. The molecular formula is C20H33N3O3S. The van der Waals surface area contributed by atoms with Gasteiger partial charge in [-0.25, -0.2) is 13.1 Å². The van der Waals surface area contributed by atoms with E-state index in [1.165, 1.54) is 5.56 Å². The first-order valence-corrected chi connectivity index (χ1v) is 11.3. The molecule has 0 aliphatic heterocycles. The monoisotopic (exact) mass is 395 g/mol. The van der Waals surface area contributed by atoms with Gasteiger partial charge in [0.1, 0.15) is 0 Å². The lowest BCUT2D eigenvalue weighted by Crippen LogP contribution is -2.52. The molecule has 1 amide bonds. The smallest absolute Gasteiger partial charge is 0.240 e. The second kappa shape index (κ2) is 9.17. The van der Waals surface area contributed by atoms with Gasteiger partial charge in [0.25, 0.3) is 0 Å². The highest BCUT2D eigenvalue weighted by atomic mass is 32.2. The van der Waals surface area contributed by atoms with Crippen molar-refractivity contribution in [1.82, 2.24) is 10.0 Å². The van der Waals surface area contributed by atoms with Crippen LogP contribution in [0.5, 0.6) is 0 Å². The lowest BCUT2D eigenvalue weighted by Gasteiger charge is -2.31. The van der Waals surface area contributed by atoms with Gasteiger partial charge in [-0.3, -0.25) is 4.79 Å². The Morgan fingerprint density at radius 2 is 1.89 bits per heavy atom. The number of fused-ring (bicyclic) bond motifs is 1. The van der Waals surface area contributed by atoms with Crippen LogP contribution in [-0.2, 0) is 27.7 Å². The molecule has 0 saturated carbocycles. The van der Waals surface area contributed by atoms with Gasteiger partial charge in [0, 0.05) is 25.0 Å². The highest BCUT2D eigenvalue weighted by Gasteiger charge is 2.26. The highest BCUT2D eigenvalue weighted by molar-refractivity contribution is 7.89. The summed E-state index contributed by atoms with van der Waals surface area (Å²) >= 11 is 0. The quantitative estimate of drug-likeness (QED) is 0.596. The molecule has 1 aliphatic rings. The van der Waals surface area contributed by atoms with Crippen molar-refractivity contribution in [3.8, 4) is 0 Å². The summed E-state index contributed by atoms with van der Waals surface area (Å²) in [7, 11) is -3.61. The summed E-state index contributed by atoms with van der Waals surface area (Å²) in [5.74, 6) is 0.207. The van der Waals surface area contributed by atoms with E-state index in [9.17, 15) is 13.2 Å². The van der Waals surface area contributed by atoms with E-state index in [1.807, 2.05) is 13.0 Å². The average Bonchev–Trinajstić information content (AvgIpc) is 2.60. The zero-order chi connectivity index (χ0) is 20.1. The van der Waals surface area contributed by atoms with Crippen LogP contribution in [0.15, 0.2) is 23.1 Å². The molecule has 2 rings (SSSR count). The van der Waals surface area contributed by atoms with E-state index >= 15 is 0 Å². The molecule has 6 nitrogen and oxygen atoms in total. The van der Waals surface area contributed by atoms with Crippen LogP contribution in [0, 0.1) is 5.92 Å². The van der Waals surface area contributed by atoms with Crippen LogP contribution in [0.4, 0.5) is 0 Å². The number of nitrogens with two attached hydrogens (primary N) is 1. The maximum absolute atomic E-state index is 12.5. The van der Waals surface area contributed by atoms with Crippen LogP contribution < -0.4 is 15.8 Å². The van der Waals surface area contributed by atoms with Crippen LogP contribution in [0.3, 0.4) is 0 Å². The number of hydrogen-bond acceptors (Lipinski definition) is 4. The van der Waals surface area contributed by atoms with Gasteiger partial charge in [-0.05, 0) is 68.2 Å². The number of carbonyl (C=O) groups is 1. The largest absolute Gasteiger partial charge is 0.350 e. The summed E-state index contributed by atoms with van der Waals surface area (Å²) in [5.41, 5.74) is 7.70. The molecule has 1 aliphatic carbocycles. The average molecular weight is 396 g/mol. The van der Waals surface area contributed by atoms with Crippen molar-refractivity contribution in [1.29, 1.82) is 0 Å². The third-order valence-corrected chi connectivity index (χ3v) is 6.48. The molecule has 1 unspecified atom stereocenters. The van der Waals surface area contributed by atoms with Crippen molar-refractivity contribution in [3.63, 3.8) is 0 Å². The molecule has 0 spiro atoms. The van der Waals surface area contributed by atoms with E-state index in [0.29, 0.717) is 12.5 Å². The molecule has 0 fully saturated rings. The Balaban J connectivity index is 1.91. The van der Waals surface area contributed by atoms with Crippen LogP contribution in [-0.4, -0.2) is 33.0 Å². The zero-order valence-electron chi connectivity index (χ0n) is 16.7. The minimum atomic E-state index is -3.61. The standard InChI is InChI=1S/C20H33N3O3S/c1-15(2)13-20(3,14-21)23-19(24)10-11-22-27(25,26)18-9-8-16-6-4-5-7-17(16)12-18/h8-9,12,15,22H,4-7,10-11,13-14,21H2,1-3H3,(H,23,24). The fourth-order valence-corrected chi connectivity index (χ4v) is 4.83. The van der Waals surface area contributed by atoms with Crippen LogP contribution >= 0.6 is 0 Å². The Morgan fingerprint density at radius 3 is 2.52 bits per heavy atom. The number of rotatable bonds is 9. The van der Waals surface area contributed by atoms with Crippen LogP contribution in [0.25, 0.3) is 0 Å². The summed E-state index contributed by atoms with van der Waals surface area (Å²) < 4.78 is 27.6. The van der Waals surface area contributed by atoms with Gasteiger partial charge in [0.05, 0.1) is 4.90 Å². The minimum Gasteiger partial charge on any atom is -0.350 e. The molecule has 152 valence electrons. The second-order valence-electron chi connectivity index (χ2n) is 8.20. The SMILES string of the molecule is CC(C)CC(C)(CN)NC(=O)CCNS(=O)(=O)c1ccc2c(c1)CCCC2. The topological polar surface area (TPSA) is 101 Å². The summed E-state index contributed by atoms with van der Waals surface area (Å²) in [6, 6.07) is 5.33. The summed E-state index contributed by atoms with van der Waals surface area (Å²) in [6.07, 6.45) is 5.05. The number of carbonyl (C=O) groups excluding carboxylic acids is 1. The first-order chi connectivity index (χ1) is 12.6. The number of aryl methyl sites for hydroxylation is 2. The van der Waals surface area contributed by atoms with Gasteiger partial charge in [-0.2, -0.15) is 0 Å². The third-order valence-electron chi connectivity index (χ3n) is 5.02. The lowest BCUT2D eigenvalue weighted by atomic mass is 9.90. The Bertz CT molecular complexity index is 762. The first-order valence-electron chi connectivity index (χ1n) is 9.78. The minimum absolute atomic E-state index is 0.0631. The Kier molecular flexibility index (Phi) is 7.42. The fourth-order valence-electron chi connectivity index (χ4n) is 3.74. The van der Waals surface area contributed by atoms with E-state index in [4.69, 9.17) is 5.73 Å². The Hall–Kier alpha value is -1.44. The van der Waals surface area contributed by atoms with E-state index in [-0.39, 0.29) is 23.8 Å². The van der Waals surface area contributed by atoms with Gasteiger partial charge in [-0.1, -0.05) is 19.9 Å². The Labute approximate surface area is 163 Å². The molecule has 0 bridgehead atoms. The number of sulfonamides is 1. The predicted octanol–water partition coefficient (Wildman–Crippen LogP) is 2.11. The predicted molar refractivity (Wildman–Crippen MR) is 108 cm³/mol. The normalized spacial score (nSPS) is 16.6. The van der Waals surface area contributed by atoms with Crippen molar-refractivity contribution in [2.75, 3.05) is 13.1 Å². The third kappa shape index (κ3) is 6.30. The summed E-state index contributed by atoms with van der Waals surface area (Å²) in [4.78, 5) is 12.5. The van der Waals surface area contributed by atoms with Gasteiger partial charge in [-0.15, -0.1) is 0 Å². The van der Waals surface area contributed by atoms with Crippen molar-refractivity contribution in [3.05, 3.63) is 29.3 Å². The molecule has 7 heteroatoms. The van der Waals surface area contributed by atoms with Crippen LogP contribution in [0.1, 0.15) is 57.6 Å². The summed E-state index contributed by atoms with van der Waals surface area (Å²) in [6.45, 7) is 6.48. The first kappa shape index (κ1) is 21.9. The molecule has 1 atom stereocenters. The molecular weight excluding hydrogens is 362 g/mol. The number of hydrogen-bond donors (Lipinski definition) is 3. The van der Waals surface area contributed by atoms with Crippen molar-refractivity contribution in [2.45, 2.75) is 69.7 Å². The molecule has 1 aromatic rings. The molecule has 0 heterocycles. The van der Waals surface area contributed by atoms with Gasteiger partial charge in [0.2, 0.25) is 15.9 Å². The Morgan fingerprint density at radius 1 is 1.22 bits per heavy atom. The number of amides is 1. The summed E-state index contributed by atoms with van der Waals surface area (Å²) in [5, 5.41) is 2.94. The van der Waals surface area contributed by atoms with Crippen molar-refractivity contribution in [2.24, 2.45) is 11.7 Å². The number of benzene rings is 1. The zero-order valence-corrected chi connectivity index (χ0v) is 17.5. The maximum Gasteiger partial charge on any atom is 0.240 e. The van der Waals surface area contributed by atoms with E-state index < -0.39 is 15.6 Å². The van der Waals surface area contributed by atoms with E-state index in [0.717, 1.165) is 37.7 Å². The van der Waals surface area contributed by atoms with Gasteiger partial charge >= 0.3 is 0 Å². The van der Waals surface area contributed by atoms with Crippen LogP contribution in [0.2, 0.25) is 0 Å². The van der Waals surface area contributed by atoms with Crippen molar-refractivity contribution < 1.29 is 13.2 Å². The maximum atomic E-state index is 12.5. The van der Waals surface area contributed by atoms with E-state index in [2.05, 4.69) is 23.9 Å². The lowest BCUT2D eigenvalue weighted by molar-refractivity contribution is -0.122.